The Morgan fingerprint density at radius 3 is 0.682 bits per heavy atom. The van der Waals surface area contributed by atoms with E-state index in [2.05, 4.69) is 0 Å². The van der Waals surface area contributed by atoms with E-state index in [1.165, 1.54) is 59.8 Å². The van der Waals surface area contributed by atoms with Gasteiger partial charge < -0.3 is 15.3 Å². The van der Waals surface area contributed by atoms with E-state index in [4.69, 9.17) is 15.3 Å². The second kappa shape index (κ2) is 17.2. The van der Waals surface area contributed by atoms with E-state index in [9.17, 15) is 14.4 Å². The fourth-order valence-electron chi connectivity index (χ4n) is 0.882. The van der Waals surface area contributed by atoms with Crippen molar-refractivity contribution in [2.45, 2.75) is 41.5 Å². The Kier molecular flexibility index (Phi) is 22.2. The van der Waals surface area contributed by atoms with Crippen LogP contribution in [-0.4, -0.2) is 32.7 Å². The average molecular weight is 352 g/mol. The van der Waals surface area contributed by atoms with Crippen LogP contribution in [0.1, 0.15) is 41.5 Å². The molecule has 0 saturated heterocycles. The van der Waals surface area contributed by atoms with Crippen molar-refractivity contribution in [1.82, 2.24) is 0 Å². The summed E-state index contributed by atoms with van der Waals surface area (Å²) in [4.78, 5) is 30.1. The first-order valence-corrected chi connectivity index (χ1v) is 6.02. The van der Waals surface area contributed by atoms with Gasteiger partial charge in [0.2, 0.25) is 0 Å². The van der Waals surface area contributed by atoms with Crippen LogP contribution in [0.15, 0.2) is 35.5 Å². The Morgan fingerprint density at radius 2 is 0.682 bits per heavy atom. The summed E-state index contributed by atoms with van der Waals surface area (Å²) in [6.07, 6.45) is 3.50. The molecule has 0 aliphatic heterocycles. The zero-order valence-electron chi connectivity index (χ0n) is 13.7. The van der Waals surface area contributed by atoms with Crippen LogP contribution < -0.4 is 0 Å². The molecule has 3 N–H and O–H groups in total. The molecule has 0 heterocycles. The number of ketones is 3. The van der Waals surface area contributed by atoms with E-state index >= 15 is 0 Å². The van der Waals surface area contributed by atoms with E-state index in [1.807, 2.05) is 0 Å². The van der Waals surface area contributed by atoms with Gasteiger partial charge in [-0.25, -0.2) is 0 Å². The van der Waals surface area contributed by atoms with Gasteiger partial charge in [-0.2, -0.15) is 0 Å². The fourth-order valence-corrected chi connectivity index (χ4v) is 0.882. The normalized spacial score (nSPS) is 10.9. The third-order valence-corrected chi connectivity index (χ3v) is 1.24. The molecule has 0 spiro atoms. The Morgan fingerprint density at radius 1 is 0.545 bits per heavy atom. The van der Waals surface area contributed by atoms with Gasteiger partial charge in [0.1, 0.15) is 0 Å². The minimum Gasteiger partial charge on any atom is -0.512 e. The minimum absolute atomic E-state index is 0. The molecule has 0 aliphatic carbocycles. The zero-order valence-corrected chi connectivity index (χ0v) is 15.0. The van der Waals surface area contributed by atoms with Crippen LogP contribution in [0.5, 0.6) is 0 Å². The molecule has 0 fully saturated rings. The molecule has 0 amide bonds. The smallest absolute Gasteiger partial charge is 0.155 e. The summed E-state index contributed by atoms with van der Waals surface area (Å²) in [5.41, 5.74) is 0. The third kappa shape index (κ3) is 51.8. The van der Waals surface area contributed by atoms with Crippen LogP contribution in [0.3, 0.4) is 0 Å². The summed E-state index contributed by atoms with van der Waals surface area (Å²) in [7, 11) is 0. The quantitative estimate of drug-likeness (QED) is 0.531. The fraction of sp³-hybridized carbons (Fsp3) is 0.400. The molecular formula is C15H24CrO6. The Labute approximate surface area is 142 Å². The van der Waals surface area contributed by atoms with E-state index in [0.29, 0.717) is 0 Å². The number of hydrogen-bond acceptors (Lipinski definition) is 6. The topological polar surface area (TPSA) is 112 Å². The number of rotatable bonds is 3. The number of carbonyl (C=O) groups excluding carboxylic acids is 3. The molecule has 0 aliphatic rings. The molecule has 7 heteroatoms. The van der Waals surface area contributed by atoms with Gasteiger partial charge in [-0.3, -0.25) is 14.4 Å². The van der Waals surface area contributed by atoms with E-state index < -0.39 is 0 Å². The van der Waals surface area contributed by atoms with Crippen molar-refractivity contribution in [2.24, 2.45) is 0 Å². The first-order chi connectivity index (χ1) is 9.38. The van der Waals surface area contributed by atoms with Crippen molar-refractivity contribution >= 4 is 17.3 Å². The summed E-state index contributed by atoms with van der Waals surface area (Å²) in [5.74, 6) is -0.187. The van der Waals surface area contributed by atoms with Crippen LogP contribution in [0, 0.1) is 0 Å². The molecule has 0 rings (SSSR count). The molecule has 0 unspecified atom stereocenters. The second-order valence-electron chi connectivity index (χ2n) is 4.19. The minimum atomic E-state index is -0.125. The molecule has 22 heavy (non-hydrogen) atoms. The predicted octanol–water partition coefficient (Wildman–Crippen LogP) is 3.11. The molecule has 0 aromatic heterocycles. The molecule has 0 radical (unpaired) electrons. The standard InChI is InChI=1S/3C5H8O2.Cr/c3*1-4(6)3-5(2)7;/h3*3,6H,1-2H3;/b3*4-3-;. The zero-order chi connectivity index (χ0) is 17.6. The first kappa shape index (κ1) is 28.3. The van der Waals surface area contributed by atoms with Gasteiger partial charge in [0, 0.05) is 35.6 Å². The van der Waals surface area contributed by atoms with Crippen LogP contribution in [-0.2, 0) is 31.7 Å². The summed E-state index contributed by atoms with van der Waals surface area (Å²) < 4.78 is 0. The van der Waals surface area contributed by atoms with Gasteiger partial charge in [-0.15, -0.1) is 0 Å². The molecule has 126 valence electrons. The third-order valence-electron chi connectivity index (χ3n) is 1.24. The monoisotopic (exact) mass is 352 g/mol. The second-order valence-corrected chi connectivity index (χ2v) is 4.19. The maximum atomic E-state index is 10.0. The largest absolute Gasteiger partial charge is 0.512 e. The van der Waals surface area contributed by atoms with Gasteiger partial charge in [0.15, 0.2) is 17.3 Å². The van der Waals surface area contributed by atoms with Crippen molar-refractivity contribution in [3.8, 4) is 0 Å². The summed E-state index contributed by atoms with van der Waals surface area (Å²) in [6.45, 7) is 8.54. The SMILES string of the molecule is CC(=O)/C=C(/C)O.CC(=O)/C=C(/C)O.CC(=O)/C=C(/C)O.[Cr]. The molecule has 0 aromatic rings. The maximum absolute atomic E-state index is 10.0. The Hall–Kier alpha value is -1.84. The Bertz CT molecular complexity index is 368. The van der Waals surface area contributed by atoms with Crippen molar-refractivity contribution in [3.63, 3.8) is 0 Å². The molecule has 0 bridgehead atoms. The first-order valence-electron chi connectivity index (χ1n) is 6.02. The number of aliphatic hydroxyl groups is 3. The number of aliphatic hydroxyl groups excluding tert-OH is 3. The Balaban J connectivity index is -0.000000108. The number of allylic oxidation sites excluding steroid dienone is 6. The average Bonchev–Trinajstić information content (AvgIpc) is 2.10. The van der Waals surface area contributed by atoms with Crippen LogP contribution in [0.25, 0.3) is 0 Å². The van der Waals surface area contributed by atoms with Crippen LogP contribution in [0.4, 0.5) is 0 Å². The van der Waals surface area contributed by atoms with Crippen LogP contribution in [0.2, 0.25) is 0 Å². The van der Waals surface area contributed by atoms with Gasteiger partial charge >= 0.3 is 0 Å². The van der Waals surface area contributed by atoms with E-state index in [0.717, 1.165) is 0 Å². The summed E-state index contributed by atoms with van der Waals surface area (Å²) >= 11 is 0. The van der Waals surface area contributed by atoms with Crippen molar-refractivity contribution in [3.05, 3.63) is 35.5 Å². The van der Waals surface area contributed by atoms with Gasteiger partial charge in [0.05, 0.1) is 17.3 Å². The van der Waals surface area contributed by atoms with Gasteiger partial charge in [0.25, 0.3) is 0 Å². The predicted molar refractivity (Wildman–Crippen MR) is 81.2 cm³/mol. The van der Waals surface area contributed by atoms with Gasteiger partial charge in [-0.05, 0) is 41.5 Å². The van der Waals surface area contributed by atoms with E-state index in [1.54, 1.807) is 0 Å². The molecule has 0 saturated carbocycles. The van der Waals surface area contributed by atoms with Crippen molar-refractivity contribution in [1.29, 1.82) is 0 Å². The van der Waals surface area contributed by atoms with Crippen molar-refractivity contribution in [2.75, 3.05) is 0 Å². The number of hydrogen-bond donors (Lipinski definition) is 3. The van der Waals surface area contributed by atoms with Crippen molar-refractivity contribution < 1.29 is 47.1 Å². The van der Waals surface area contributed by atoms with Crippen LogP contribution >= 0.6 is 0 Å². The molecule has 0 aromatic carbocycles. The summed E-state index contributed by atoms with van der Waals surface area (Å²) in [5, 5.41) is 25.1. The molecule has 6 nitrogen and oxygen atoms in total. The molecule has 0 atom stereocenters. The maximum Gasteiger partial charge on any atom is 0.155 e. The van der Waals surface area contributed by atoms with Gasteiger partial charge in [-0.1, -0.05) is 0 Å². The number of carbonyl (C=O) groups is 3. The molecular weight excluding hydrogens is 328 g/mol. The van der Waals surface area contributed by atoms with E-state index in [-0.39, 0.29) is 52.0 Å². The summed E-state index contributed by atoms with van der Waals surface area (Å²) in [6, 6.07) is 0.